The van der Waals surface area contributed by atoms with E-state index in [9.17, 15) is 4.79 Å². The minimum absolute atomic E-state index is 0.0895. The molecule has 12 heavy (non-hydrogen) atoms. The molecule has 0 aromatic carbocycles. The molecule has 0 saturated carbocycles. The molecular weight excluding hydrogens is 154 g/mol. The lowest BCUT2D eigenvalue weighted by Crippen LogP contribution is -1.88. The van der Waals surface area contributed by atoms with Crippen molar-refractivity contribution in [3.63, 3.8) is 0 Å². The van der Waals surface area contributed by atoms with Crippen LogP contribution < -0.4 is 0 Å². The largest absolute Gasteiger partial charge is 0.289 e. The van der Waals surface area contributed by atoms with E-state index in [4.69, 9.17) is 5.26 Å². The first kappa shape index (κ1) is 7.90. The molecule has 4 nitrogen and oxygen atoms in total. The second kappa shape index (κ2) is 3.85. The third-order valence-electron chi connectivity index (χ3n) is 1.03. The van der Waals surface area contributed by atoms with E-state index in [1.165, 1.54) is 12.4 Å². The Morgan fingerprint density at radius 2 is 2.08 bits per heavy atom. The molecule has 4 heteroatoms. The van der Waals surface area contributed by atoms with Gasteiger partial charge in [-0.2, -0.15) is 5.26 Å². The fraction of sp³-hybridized carbons (Fsp3) is 0. The standard InChI is InChI=1S/C8H3N3O/c9-4-8-10-5-7(6-11-8)2-1-3-12/h3,5-6H. The van der Waals surface area contributed by atoms with E-state index in [1.807, 2.05) is 0 Å². The molecule has 0 aliphatic rings. The van der Waals surface area contributed by atoms with Crippen molar-refractivity contribution in [2.75, 3.05) is 0 Å². The molecule has 1 aromatic heterocycles. The maximum absolute atomic E-state index is 9.83. The van der Waals surface area contributed by atoms with Crippen molar-refractivity contribution in [2.45, 2.75) is 0 Å². The van der Waals surface area contributed by atoms with E-state index in [1.54, 1.807) is 6.07 Å². The van der Waals surface area contributed by atoms with Crippen molar-refractivity contribution in [1.82, 2.24) is 9.97 Å². The second-order valence-corrected chi connectivity index (χ2v) is 1.79. The highest BCUT2D eigenvalue weighted by atomic mass is 16.1. The van der Waals surface area contributed by atoms with Crippen LogP contribution >= 0.6 is 0 Å². The Kier molecular flexibility index (Phi) is 2.53. The lowest BCUT2D eigenvalue weighted by atomic mass is 10.3. The summed E-state index contributed by atoms with van der Waals surface area (Å²) in [4.78, 5) is 17.2. The Bertz CT molecular complexity index is 377. The Labute approximate surface area is 68.9 Å². The maximum atomic E-state index is 9.83. The summed E-state index contributed by atoms with van der Waals surface area (Å²) in [6.07, 6.45) is 3.27. The first-order valence-corrected chi connectivity index (χ1v) is 3.04. The van der Waals surface area contributed by atoms with Crippen molar-refractivity contribution in [1.29, 1.82) is 5.26 Å². The topological polar surface area (TPSA) is 66.6 Å². The molecule has 0 saturated heterocycles. The van der Waals surface area contributed by atoms with Crippen LogP contribution in [0.1, 0.15) is 11.4 Å². The maximum Gasteiger partial charge on any atom is 0.232 e. The highest BCUT2D eigenvalue weighted by Crippen LogP contribution is 1.91. The normalized spacial score (nSPS) is 7.58. The van der Waals surface area contributed by atoms with Crippen LogP contribution in [-0.4, -0.2) is 16.3 Å². The zero-order valence-electron chi connectivity index (χ0n) is 5.98. The van der Waals surface area contributed by atoms with Crippen LogP contribution in [0.3, 0.4) is 0 Å². The van der Waals surface area contributed by atoms with Crippen LogP contribution in [-0.2, 0) is 4.79 Å². The number of hydrogen-bond donors (Lipinski definition) is 0. The van der Waals surface area contributed by atoms with Crippen LogP contribution in [0.2, 0.25) is 0 Å². The SMILES string of the molecule is N#Cc1ncc(C#CC=O)cn1. The first-order chi connectivity index (χ1) is 5.86. The Morgan fingerprint density at radius 3 is 2.58 bits per heavy atom. The number of aldehydes is 1. The molecule has 0 bridgehead atoms. The molecule has 0 aliphatic heterocycles. The average Bonchev–Trinajstić information content (AvgIpc) is 2.15. The molecule has 0 spiro atoms. The molecule has 0 unspecified atom stereocenters. The third-order valence-corrected chi connectivity index (χ3v) is 1.03. The van der Waals surface area contributed by atoms with Crippen molar-refractivity contribution in [2.24, 2.45) is 0 Å². The van der Waals surface area contributed by atoms with Crippen LogP contribution in [0.25, 0.3) is 0 Å². The summed E-state index contributed by atoms with van der Waals surface area (Å²) < 4.78 is 0. The van der Waals surface area contributed by atoms with Gasteiger partial charge in [0, 0.05) is 12.4 Å². The predicted molar refractivity (Wildman–Crippen MR) is 39.7 cm³/mol. The van der Waals surface area contributed by atoms with Gasteiger partial charge in [-0.3, -0.25) is 4.79 Å². The van der Waals surface area contributed by atoms with Crippen molar-refractivity contribution in [3.05, 3.63) is 23.8 Å². The summed E-state index contributed by atoms with van der Waals surface area (Å²) in [7, 11) is 0. The van der Waals surface area contributed by atoms with Gasteiger partial charge < -0.3 is 0 Å². The van der Waals surface area contributed by atoms with Gasteiger partial charge in [0.2, 0.25) is 5.82 Å². The van der Waals surface area contributed by atoms with Crippen molar-refractivity contribution >= 4 is 6.29 Å². The number of nitrogens with zero attached hydrogens (tertiary/aromatic N) is 3. The van der Waals surface area contributed by atoms with Gasteiger partial charge in [-0.25, -0.2) is 9.97 Å². The van der Waals surface area contributed by atoms with E-state index in [0.717, 1.165) is 0 Å². The molecule has 0 amide bonds. The summed E-state index contributed by atoms with van der Waals surface area (Å²) >= 11 is 0. The van der Waals surface area contributed by atoms with Crippen LogP contribution in [0.5, 0.6) is 0 Å². The molecule has 0 fully saturated rings. The fourth-order valence-electron chi connectivity index (χ4n) is 0.563. The number of carbonyl (C=O) groups is 1. The van der Waals surface area contributed by atoms with Crippen LogP contribution in [0.15, 0.2) is 12.4 Å². The summed E-state index contributed by atoms with van der Waals surface area (Å²) in [6.45, 7) is 0. The molecule has 1 rings (SSSR count). The Balaban J connectivity index is 2.94. The Morgan fingerprint density at radius 1 is 1.42 bits per heavy atom. The third kappa shape index (κ3) is 1.89. The Hall–Kier alpha value is -2.20. The minimum Gasteiger partial charge on any atom is -0.289 e. The lowest BCUT2D eigenvalue weighted by molar-refractivity contribution is -0.103. The number of aromatic nitrogens is 2. The number of hydrogen-bond acceptors (Lipinski definition) is 4. The molecule has 0 aliphatic carbocycles. The highest BCUT2D eigenvalue weighted by molar-refractivity contribution is 5.73. The summed E-state index contributed by atoms with van der Waals surface area (Å²) in [5.74, 6) is 4.79. The quantitative estimate of drug-likeness (QED) is 0.389. The van der Waals surface area contributed by atoms with E-state index in [2.05, 4.69) is 21.8 Å². The van der Waals surface area contributed by atoms with Gasteiger partial charge in [-0.15, -0.1) is 0 Å². The van der Waals surface area contributed by atoms with Gasteiger partial charge in [-0.1, -0.05) is 5.92 Å². The van der Waals surface area contributed by atoms with E-state index in [-0.39, 0.29) is 5.82 Å². The highest BCUT2D eigenvalue weighted by Gasteiger charge is 1.91. The average molecular weight is 157 g/mol. The number of carbonyl (C=O) groups excluding carboxylic acids is 1. The smallest absolute Gasteiger partial charge is 0.232 e. The van der Waals surface area contributed by atoms with Gasteiger partial charge in [0.15, 0.2) is 6.29 Å². The van der Waals surface area contributed by atoms with Crippen LogP contribution in [0.4, 0.5) is 0 Å². The molecule has 0 radical (unpaired) electrons. The molecule has 56 valence electrons. The lowest BCUT2D eigenvalue weighted by Gasteiger charge is -1.86. The fourth-order valence-corrected chi connectivity index (χ4v) is 0.563. The zero-order chi connectivity index (χ0) is 8.81. The number of rotatable bonds is 0. The van der Waals surface area contributed by atoms with E-state index in [0.29, 0.717) is 11.8 Å². The summed E-state index contributed by atoms with van der Waals surface area (Å²) in [6, 6.07) is 1.77. The molecule has 0 atom stereocenters. The number of nitriles is 1. The summed E-state index contributed by atoms with van der Waals surface area (Å²) in [5, 5.41) is 8.34. The predicted octanol–water partition coefficient (Wildman–Crippen LogP) is -0.101. The molecule has 1 heterocycles. The van der Waals surface area contributed by atoms with Gasteiger partial charge in [0.25, 0.3) is 0 Å². The van der Waals surface area contributed by atoms with Gasteiger partial charge in [-0.05, 0) is 5.92 Å². The van der Waals surface area contributed by atoms with Crippen molar-refractivity contribution in [3.8, 4) is 17.9 Å². The van der Waals surface area contributed by atoms with Gasteiger partial charge in [0.05, 0.1) is 5.56 Å². The van der Waals surface area contributed by atoms with E-state index >= 15 is 0 Å². The first-order valence-electron chi connectivity index (χ1n) is 3.04. The minimum atomic E-state index is 0.0895. The van der Waals surface area contributed by atoms with Gasteiger partial charge in [0.1, 0.15) is 6.07 Å². The van der Waals surface area contributed by atoms with Crippen LogP contribution in [0, 0.1) is 23.2 Å². The van der Waals surface area contributed by atoms with Gasteiger partial charge >= 0.3 is 0 Å². The monoisotopic (exact) mass is 157 g/mol. The van der Waals surface area contributed by atoms with Crippen molar-refractivity contribution < 1.29 is 4.79 Å². The summed E-state index contributed by atoms with van der Waals surface area (Å²) in [5.41, 5.74) is 0.515. The second-order valence-electron chi connectivity index (χ2n) is 1.79. The zero-order valence-corrected chi connectivity index (χ0v) is 5.98. The molecule has 0 N–H and O–H groups in total. The molecule has 1 aromatic rings. The molecular formula is C8H3N3O. The van der Waals surface area contributed by atoms with E-state index < -0.39 is 0 Å².